The number of aromatic nitrogens is 2. The van der Waals surface area contributed by atoms with Crippen molar-refractivity contribution in [3.63, 3.8) is 0 Å². The average molecular weight is 323 g/mol. The van der Waals surface area contributed by atoms with E-state index in [0.717, 1.165) is 16.6 Å². The van der Waals surface area contributed by atoms with E-state index < -0.39 is 18.6 Å². The van der Waals surface area contributed by atoms with Gasteiger partial charge in [-0.15, -0.1) is 21.5 Å². The summed E-state index contributed by atoms with van der Waals surface area (Å²) in [6.07, 6.45) is -4.42. The van der Waals surface area contributed by atoms with Crippen LogP contribution in [0.4, 0.5) is 13.2 Å². The van der Waals surface area contributed by atoms with Crippen molar-refractivity contribution >= 4 is 29.0 Å². The molecule has 0 saturated carbocycles. The van der Waals surface area contributed by atoms with Gasteiger partial charge in [-0.2, -0.15) is 13.2 Å². The van der Waals surface area contributed by atoms with Crippen LogP contribution in [-0.4, -0.2) is 34.6 Å². The summed E-state index contributed by atoms with van der Waals surface area (Å²) in [6, 6.07) is 3.62. The SMILES string of the molecule is O=C(CSc1nnc(-c2cccs2)o1)NCC(F)(F)F. The molecular weight excluding hydrogens is 315 g/mol. The molecule has 0 saturated heterocycles. The summed E-state index contributed by atoms with van der Waals surface area (Å²) < 4.78 is 40.9. The van der Waals surface area contributed by atoms with Crippen LogP contribution in [0.2, 0.25) is 0 Å². The molecule has 0 radical (unpaired) electrons. The number of alkyl halides is 3. The van der Waals surface area contributed by atoms with Crippen LogP contribution in [-0.2, 0) is 4.79 Å². The molecule has 2 aromatic heterocycles. The quantitative estimate of drug-likeness (QED) is 0.857. The maximum absolute atomic E-state index is 11.9. The maximum atomic E-state index is 11.9. The van der Waals surface area contributed by atoms with Crippen molar-refractivity contribution in [2.45, 2.75) is 11.4 Å². The number of rotatable bonds is 5. The lowest BCUT2D eigenvalue weighted by Crippen LogP contribution is -2.34. The molecule has 2 rings (SSSR count). The predicted octanol–water partition coefficient (Wildman–Crippen LogP) is 2.57. The van der Waals surface area contributed by atoms with Crippen molar-refractivity contribution in [2.24, 2.45) is 0 Å². The average Bonchev–Trinajstić information content (AvgIpc) is 3.03. The van der Waals surface area contributed by atoms with Gasteiger partial charge in [0.2, 0.25) is 5.91 Å². The third-order valence-electron chi connectivity index (χ3n) is 1.95. The maximum Gasteiger partial charge on any atom is 0.405 e. The van der Waals surface area contributed by atoms with E-state index >= 15 is 0 Å². The van der Waals surface area contributed by atoms with Gasteiger partial charge in [-0.3, -0.25) is 4.79 Å². The van der Waals surface area contributed by atoms with Crippen LogP contribution in [0.1, 0.15) is 0 Å². The lowest BCUT2D eigenvalue weighted by atomic mass is 10.5. The molecule has 20 heavy (non-hydrogen) atoms. The second-order valence-electron chi connectivity index (χ2n) is 3.53. The number of carbonyl (C=O) groups is 1. The standard InChI is InChI=1S/C10H8F3N3O2S2/c11-10(12,13)5-14-7(17)4-20-9-16-15-8(18-9)6-2-1-3-19-6/h1-3H,4-5H2,(H,14,17). The summed E-state index contributed by atoms with van der Waals surface area (Å²) in [5.74, 6) is -0.649. The molecule has 1 amide bonds. The molecule has 2 aromatic rings. The van der Waals surface area contributed by atoms with Crippen LogP contribution in [0.25, 0.3) is 10.8 Å². The molecule has 2 heterocycles. The molecule has 0 fully saturated rings. The zero-order valence-electron chi connectivity index (χ0n) is 9.81. The number of nitrogens with one attached hydrogen (secondary N) is 1. The van der Waals surface area contributed by atoms with Crippen molar-refractivity contribution in [1.29, 1.82) is 0 Å². The Bertz CT molecular complexity index is 569. The highest BCUT2D eigenvalue weighted by Gasteiger charge is 2.27. The number of amides is 1. The molecule has 0 aromatic carbocycles. The van der Waals surface area contributed by atoms with E-state index in [1.807, 2.05) is 11.4 Å². The number of thioether (sulfide) groups is 1. The van der Waals surface area contributed by atoms with Crippen LogP contribution in [0.15, 0.2) is 27.2 Å². The van der Waals surface area contributed by atoms with Crippen molar-refractivity contribution in [1.82, 2.24) is 15.5 Å². The smallest absolute Gasteiger partial charge is 0.405 e. The van der Waals surface area contributed by atoms with E-state index in [2.05, 4.69) is 10.2 Å². The first-order valence-electron chi connectivity index (χ1n) is 5.28. The second-order valence-corrected chi connectivity index (χ2v) is 5.41. The van der Waals surface area contributed by atoms with Crippen LogP contribution in [0, 0.1) is 0 Å². The minimum absolute atomic E-state index is 0.135. The summed E-state index contributed by atoms with van der Waals surface area (Å²) in [5, 5.41) is 11.2. The first kappa shape index (κ1) is 14.9. The van der Waals surface area contributed by atoms with Gasteiger partial charge in [-0.1, -0.05) is 17.8 Å². The Morgan fingerprint density at radius 1 is 1.45 bits per heavy atom. The molecule has 0 aliphatic heterocycles. The second kappa shape index (κ2) is 6.27. The molecule has 0 aliphatic rings. The Kier molecular flexibility index (Phi) is 4.65. The summed E-state index contributed by atoms with van der Waals surface area (Å²) in [7, 11) is 0. The minimum atomic E-state index is -4.42. The normalized spacial score (nSPS) is 11.6. The number of carbonyl (C=O) groups excluding carboxylic acids is 1. The van der Waals surface area contributed by atoms with Gasteiger partial charge in [-0.05, 0) is 11.4 Å². The number of thiophene rings is 1. The molecule has 0 unspecified atom stereocenters. The summed E-state index contributed by atoms with van der Waals surface area (Å²) in [4.78, 5) is 12.0. The van der Waals surface area contributed by atoms with Gasteiger partial charge in [0.25, 0.3) is 11.1 Å². The highest BCUT2D eigenvalue weighted by atomic mass is 32.2. The highest BCUT2D eigenvalue weighted by molar-refractivity contribution is 7.99. The lowest BCUT2D eigenvalue weighted by Gasteiger charge is -2.06. The van der Waals surface area contributed by atoms with Crippen molar-refractivity contribution in [3.8, 4) is 10.8 Å². The molecule has 0 aliphatic carbocycles. The van der Waals surface area contributed by atoms with Gasteiger partial charge in [0.1, 0.15) is 6.54 Å². The van der Waals surface area contributed by atoms with Gasteiger partial charge in [0.05, 0.1) is 10.6 Å². The van der Waals surface area contributed by atoms with Crippen LogP contribution >= 0.6 is 23.1 Å². The molecular formula is C10H8F3N3O2S2. The fourth-order valence-electron chi connectivity index (χ4n) is 1.15. The van der Waals surface area contributed by atoms with Gasteiger partial charge in [-0.25, -0.2) is 0 Å². The Hall–Kier alpha value is -1.55. The molecule has 108 valence electrons. The third kappa shape index (κ3) is 4.53. The first-order chi connectivity index (χ1) is 9.44. The number of halogens is 3. The predicted molar refractivity (Wildman–Crippen MR) is 67.4 cm³/mol. The van der Waals surface area contributed by atoms with Gasteiger partial charge in [0, 0.05) is 0 Å². The largest absolute Gasteiger partial charge is 0.410 e. The zero-order valence-corrected chi connectivity index (χ0v) is 11.4. The Labute approximate surface area is 119 Å². The minimum Gasteiger partial charge on any atom is -0.410 e. The monoisotopic (exact) mass is 323 g/mol. The summed E-state index contributed by atoms with van der Waals surface area (Å²) >= 11 is 2.30. The van der Waals surface area contributed by atoms with E-state index in [4.69, 9.17) is 4.42 Å². The van der Waals surface area contributed by atoms with Crippen LogP contribution in [0.3, 0.4) is 0 Å². The topological polar surface area (TPSA) is 68.0 Å². The highest BCUT2D eigenvalue weighted by Crippen LogP contribution is 2.26. The molecule has 1 N–H and O–H groups in total. The van der Waals surface area contributed by atoms with Gasteiger partial charge < -0.3 is 9.73 Å². The summed E-state index contributed by atoms with van der Waals surface area (Å²) in [6.45, 7) is -1.35. The Morgan fingerprint density at radius 3 is 2.90 bits per heavy atom. The number of hydrogen-bond acceptors (Lipinski definition) is 6. The molecule has 0 bridgehead atoms. The van der Waals surface area contributed by atoms with E-state index in [-0.39, 0.29) is 11.0 Å². The van der Waals surface area contributed by atoms with Gasteiger partial charge >= 0.3 is 6.18 Å². The van der Waals surface area contributed by atoms with Crippen molar-refractivity contribution in [2.75, 3.05) is 12.3 Å². The molecule has 0 spiro atoms. The van der Waals surface area contributed by atoms with Gasteiger partial charge in [0.15, 0.2) is 0 Å². The number of nitrogens with zero attached hydrogens (tertiary/aromatic N) is 2. The van der Waals surface area contributed by atoms with E-state index in [0.29, 0.717) is 5.89 Å². The first-order valence-corrected chi connectivity index (χ1v) is 7.14. The molecule has 10 heteroatoms. The fraction of sp³-hybridized carbons (Fsp3) is 0.300. The molecule has 5 nitrogen and oxygen atoms in total. The van der Waals surface area contributed by atoms with Crippen LogP contribution in [0.5, 0.6) is 0 Å². The van der Waals surface area contributed by atoms with Crippen molar-refractivity contribution in [3.05, 3.63) is 17.5 Å². The summed E-state index contributed by atoms with van der Waals surface area (Å²) in [5.41, 5.74) is 0. The Balaban J connectivity index is 1.81. The zero-order chi connectivity index (χ0) is 14.6. The lowest BCUT2D eigenvalue weighted by molar-refractivity contribution is -0.136. The van der Waals surface area contributed by atoms with E-state index in [1.54, 1.807) is 11.4 Å². The van der Waals surface area contributed by atoms with E-state index in [1.165, 1.54) is 11.3 Å². The van der Waals surface area contributed by atoms with Crippen LogP contribution < -0.4 is 5.32 Å². The molecule has 0 atom stereocenters. The fourth-order valence-corrected chi connectivity index (χ4v) is 2.38. The Morgan fingerprint density at radius 2 is 2.25 bits per heavy atom. The van der Waals surface area contributed by atoms with Crippen molar-refractivity contribution < 1.29 is 22.4 Å². The number of hydrogen-bond donors (Lipinski definition) is 1. The third-order valence-corrected chi connectivity index (χ3v) is 3.63. The van der Waals surface area contributed by atoms with E-state index in [9.17, 15) is 18.0 Å².